The van der Waals surface area contributed by atoms with Gasteiger partial charge in [-0.1, -0.05) is 23.7 Å². The molecule has 0 aliphatic carbocycles. The van der Waals surface area contributed by atoms with Crippen LogP contribution < -0.4 is 5.32 Å². The first-order valence-corrected chi connectivity index (χ1v) is 8.17. The first-order chi connectivity index (χ1) is 12.0. The minimum atomic E-state index is -0.457. The predicted molar refractivity (Wildman–Crippen MR) is 95.7 cm³/mol. The molecular weight excluding hydrogens is 343 g/mol. The summed E-state index contributed by atoms with van der Waals surface area (Å²) in [6, 6.07) is 11.5. The lowest BCUT2D eigenvalue weighted by atomic mass is 10.1. The summed E-state index contributed by atoms with van der Waals surface area (Å²) in [5.41, 5.74) is 1.74. The highest BCUT2D eigenvalue weighted by molar-refractivity contribution is 6.30. The number of fused-ring (bicyclic) bond motifs is 1. The summed E-state index contributed by atoms with van der Waals surface area (Å²) in [6.07, 6.45) is 2.08. The number of carbonyl (C=O) groups excluding carboxylic acids is 2. The Kier molecular flexibility index (Phi) is 4.86. The number of nitrogens with one attached hydrogen (secondary N) is 1. The van der Waals surface area contributed by atoms with Crippen LogP contribution in [0.25, 0.3) is 10.9 Å². The molecule has 0 radical (unpaired) electrons. The van der Waals surface area contributed by atoms with Crippen LogP contribution in [-0.4, -0.2) is 22.9 Å². The number of benzene rings is 2. The second kappa shape index (κ2) is 7.07. The molecule has 0 saturated heterocycles. The number of amides is 1. The molecule has 1 heterocycles. The average Bonchev–Trinajstić information content (AvgIpc) is 2.93. The lowest BCUT2D eigenvalue weighted by Crippen LogP contribution is -2.25. The largest absolute Gasteiger partial charge is 0.352 e. The molecule has 1 amide bonds. The molecule has 2 aromatic carbocycles. The van der Waals surface area contributed by atoms with E-state index in [1.54, 1.807) is 6.07 Å². The summed E-state index contributed by atoms with van der Waals surface area (Å²) >= 11 is 5.94. The van der Waals surface area contributed by atoms with Crippen LogP contribution in [-0.2, 0) is 6.42 Å². The minimum Gasteiger partial charge on any atom is -0.352 e. The number of hydrogen-bond donors (Lipinski definition) is 1. The second-order valence-electron chi connectivity index (χ2n) is 5.73. The summed E-state index contributed by atoms with van der Waals surface area (Å²) in [5, 5.41) is 4.01. The van der Waals surface area contributed by atoms with Crippen molar-refractivity contribution in [1.82, 2.24) is 9.88 Å². The standard InChI is InChI=1S/C19H16ClFN2O2/c1-12(24)23-11-17(16-6-5-15(21)10-18(16)23)19(25)22-8-7-13-3-2-4-14(20)9-13/h2-6,9-11H,7-8H2,1H3,(H,22,25). The molecule has 25 heavy (non-hydrogen) atoms. The maximum atomic E-state index is 13.5. The van der Waals surface area contributed by atoms with Crippen LogP contribution in [0, 0.1) is 5.82 Å². The highest BCUT2D eigenvalue weighted by Crippen LogP contribution is 2.22. The van der Waals surface area contributed by atoms with Crippen molar-refractivity contribution < 1.29 is 14.0 Å². The van der Waals surface area contributed by atoms with Gasteiger partial charge in [-0.2, -0.15) is 0 Å². The summed E-state index contributed by atoms with van der Waals surface area (Å²) in [7, 11) is 0. The van der Waals surface area contributed by atoms with Gasteiger partial charge in [-0.15, -0.1) is 0 Å². The van der Waals surface area contributed by atoms with Gasteiger partial charge in [0.2, 0.25) is 5.91 Å². The fraction of sp³-hybridized carbons (Fsp3) is 0.158. The van der Waals surface area contributed by atoms with Gasteiger partial charge in [0.1, 0.15) is 5.82 Å². The normalized spacial score (nSPS) is 10.8. The molecular formula is C19H16ClFN2O2. The third kappa shape index (κ3) is 3.72. The van der Waals surface area contributed by atoms with E-state index in [4.69, 9.17) is 11.6 Å². The zero-order valence-corrected chi connectivity index (χ0v) is 14.3. The van der Waals surface area contributed by atoms with Crippen LogP contribution in [0.3, 0.4) is 0 Å². The first kappa shape index (κ1) is 17.2. The van der Waals surface area contributed by atoms with Gasteiger partial charge in [0, 0.05) is 30.1 Å². The molecule has 6 heteroatoms. The third-order valence-corrected chi connectivity index (χ3v) is 4.17. The molecule has 1 N–H and O–H groups in total. The molecule has 0 spiro atoms. The van der Waals surface area contributed by atoms with Crippen molar-refractivity contribution in [3.8, 4) is 0 Å². The topological polar surface area (TPSA) is 51.1 Å². The Morgan fingerprint density at radius 2 is 2.00 bits per heavy atom. The molecule has 1 aromatic heterocycles. The quantitative estimate of drug-likeness (QED) is 0.764. The zero-order valence-electron chi connectivity index (χ0n) is 13.6. The van der Waals surface area contributed by atoms with Gasteiger partial charge in [-0.25, -0.2) is 4.39 Å². The van der Waals surface area contributed by atoms with E-state index in [9.17, 15) is 14.0 Å². The summed E-state index contributed by atoms with van der Waals surface area (Å²) in [5.74, 6) is -1.05. The van der Waals surface area contributed by atoms with Crippen molar-refractivity contribution in [2.45, 2.75) is 13.3 Å². The lowest BCUT2D eigenvalue weighted by Gasteiger charge is -2.05. The number of rotatable bonds is 4. The number of nitrogens with zero attached hydrogens (tertiary/aromatic N) is 1. The second-order valence-corrected chi connectivity index (χ2v) is 6.17. The SMILES string of the molecule is CC(=O)n1cc(C(=O)NCCc2cccc(Cl)c2)c2ccc(F)cc21. The number of aromatic nitrogens is 1. The van der Waals surface area contributed by atoms with Crippen molar-refractivity contribution in [3.63, 3.8) is 0 Å². The van der Waals surface area contributed by atoms with E-state index in [1.165, 1.54) is 35.9 Å². The Morgan fingerprint density at radius 3 is 2.72 bits per heavy atom. The van der Waals surface area contributed by atoms with Crippen molar-refractivity contribution >= 4 is 34.3 Å². The van der Waals surface area contributed by atoms with Crippen molar-refractivity contribution in [3.05, 3.63) is 70.6 Å². The van der Waals surface area contributed by atoms with Gasteiger partial charge in [0.25, 0.3) is 5.91 Å². The molecule has 0 atom stereocenters. The Labute approximate surface area is 149 Å². The minimum absolute atomic E-state index is 0.284. The summed E-state index contributed by atoms with van der Waals surface area (Å²) in [6.45, 7) is 1.79. The van der Waals surface area contributed by atoms with E-state index in [2.05, 4.69) is 5.32 Å². The molecule has 3 rings (SSSR count). The number of hydrogen-bond acceptors (Lipinski definition) is 2. The van der Waals surface area contributed by atoms with Gasteiger partial charge < -0.3 is 5.32 Å². The Hall–Kier alpha value is -2.66. The van der Waals surface area contributed by atoms with Crippen molar-refractivity contribution in [1.29, 1.82) is 0 Å². The molecule has 128 valence electrons. The van der Waals surface area contributed by atoms with Gasteiger partial charge in [0.15, 0.2) is 0 Å². The highest BCUT2D eigenvalue weighted by atomic mass is 35.5. The maximum absolute atomic E-state index is 13.5. The van der Waals surface area contributed by atoms with Crippen LogP contribution >= 0.6 is 11.6 Å². The average molecular weight is 359 g/mol. The Bertz CT molecular complexity index is 965. The van der Waals surface area contributed by atoms with Crippen LogP contribution in [0.2, 0.25) is 5.02 Å². The van der Waals surface area contributed by atoms with E-state index in [0.717, 1.165) is 5.56 Å². The molecule has 4 nitrogen and oxygen atoms in total. The van der Waals surface area contributed by atoms with Crippen molar-refractivity contribution in [2.24, 2.45) is 0 Å². The Morgan fingerprint density at radius 1 is 1.20 bits per heavy atom. The fourth-order valence-electron chi connectivity index (χ4n) is 2.75. The maximum Gasteiger partial charge on any atom is 0.253 e. The van der Waals surface area contributed by atoms with Crippen LogP contribution in [0.5, 0.6) is 0 Å². The first-order valence-electron chi connectivity index (χ1n) is 7.80. The van der Waals surface area contributed by atoms with Crippen LogP contribution in [0.4, 0.5) is 4.39 Å². The summed E-state index contributed by atoms with van der Waals surface area (Å²) < 4.78 is 14.8. The lowest BCUT2D eigenvalue weighted by molar-refractivity contribution is 0.0941. The van der Waals surface area contributed by atoms with E-state index >= 15 is 0 Å². The predicted octanol–water partition coefficient (Wildman–Crippen LogP) is 4.07. The number of carbonyl (C=O) groups is 2. The third-order valence-electron chi connectivity index (χ3n) is 3.94. The molecule has 0 unspecified atom stereocenters. The molecule has 0 aliphatic rings. The molecule has 0 bridgehead atoms. The highest BCUT2D eigenvalue weighted by Gasteiger charge is 2.17. The molecule has 3 aromatic rings. The van der Waals surface area contributed by atoms with Gasteiger partial charge >= 0.3 is 0 Å². The number of halogens is 2. The molecule has 0 saturated carbocycles. The smallest absolute Gasteiger partial charge is 0.253 e. The molecule has 0 fully saturated rings. The molecule has 0 aliphatic heterocycles. The van der Waals surface area contributed by atoms with Gasteiger partial charge in [0.05, 0.1) is 11.1 Å². The van der Waals surface area contributed by atoms with E-state index in [0.29, 0.717) is 34.5 Å². The van der Waals surface area contributed by atoms with E-state index in [-0.39, 0.29) is 11.8 Å². The fourth-order valence-corrected chi connectivity index (χ4v) is 2.96. The van der Waals surface area contributed by atoms with E-state index < -0.39 is 5.82 Å². The zero-order chi connectivity index (χ0) is 18.0. The van der Waals surface area contributed by atoms with Crippen molar-refractivity contribution in [2.75, 3.05) is 6.54 Å². The van der Waals surface area contributed by atoms with Gasteiger partial charge in [-0.3, -0.25) is 14.2 Å². The van der Waals surface area contributed by atoms with Crippen LogP contribution in [0.1, 0.15) is 27.6 Å². The Balaban J connectivity index is 1.79. The van der Waals surface area contributed by atoms with Crippen LogP contribution in [0.15, 0.2) is 48.7 Å². The monoisotopic (exact) mass is 358 g/mol. The van der Waals surface area contributed by atoms with Gasteiger partial charge in [-0.05, 0) is 42.3 Å². The summed E-state index contributed by atoms with van der Waals surface area (Å²) in [4.78, 5) is 24.2. The van der Waals surface area contributed by atoms with E-state index in [1.807, 2.05) is 18.2 Å².